The Morgan fingerprint density at radius 3 is 2.57 bits per heavy atom. The van der Waals surface area contributed by atoms with Gasteiger partial charge >= 0.3 is 0 Å². The molecule has 6 nitrogen and oxygen atoms in total. The SMILES string of the molecule is CCc1nnc(C)cc1C(=O)N1CCN(CC(N)=S)CC1. The van der Waals surface area contributed by atoms with Crippen LogP contribution in [0.15, 0.2) is 6.07 Å². The van der Waals surface area contributed by atoms with Crippen molar-refractivity contribution in [3.05, 3.63) is 23.0 Å². The molecule has 0 radical (unpaired) electrons. The average Bonchev–Trinajstić information content (AvgIpc) is 2.46. The van der Waals surface area contributed by atoms with Gasteiger partial charge in [-0.1, -0.05) is 19.1 Å². The van der Waals surface area contributed by atoms with E-state index in [1.165, 1.54) is 0 Å². The molecule has 1 fully saturated rings. The molecule has 114 valence electrons. The Balaban J connectivity index is 2.05. The summed E-state index contributed by atoms with van der Waals surface area (Å²) in [5.74, 6) is 0.0415. The lowest BCUT2D eigenvalue weighted by Gasteiger charge is -2.34. The molecule has 0 aromatic carbocycles. The monoisotopic (exact) mass is 307 g/mol. The minimum absolute atomic E-state index is 0.0415. The van der Waals surface area contributed by atoms with Gasteiger partial charge in [0.15, 0.2) is 0 Å². The molecular formula is C14H21N5OS. The number of carbonyl (C=O) groups is 1. The minimum atomic E-state index is 0.0415. The van der Waals surface area contributed by atoms with Crippen LogP contribution in [0.25, 0.3) is 0 Å². The van der Waals surface area contributed by atoms with Gasteiger partial charge in [0.1, 0.15) is 0 Å². The van der Waals surface area contributed by atoms with Crippen LogP contribution in [0.2, 0.25) is 0 Å². The number of aryl methyl sites for hydroxylation is 2. The molecule has 2 N–H and O–H groups in total. The Hall–Kier alpha value is -1.60. The van der Waals surface area contributed by atoms with Crippen molar-refractivity contribution in [3.63, 3.8) is 0 Å². The zero-order valence-electron chi connectivity index (χ0n) is 12.5. The van der Waals surface area contributed by atoms with E-state index >= 15 is 0 Å². The number of thiocarbonyl (C=S) groups is 1. The molecule has 0 bridgehead atoms. The smallest absolute Gasteiger partial charge is 0.255 e. The lowest BCUT2D eigenvalue weighted by Crippen LogP contribution is -2.50. The molecule has 0 unspecified atom stereocenters. The molecule has 0 spiro atoms. The fourth-order valence-electron chi connectivity index (χ4n) is 2.46. The molecule has 21 heavy (non-hydrogen) atoms. The van der Waals surface area contributed by atoms with Crippen LogP contribution in [-0.4, -0.2) is 63.6 Å². The van der Waals surface area contributed by atoms with Gasteiger partial charge in [0.2, 0.25) is 0 Å². The summed E-state index contributed by atoms with van der Waals surface area (Å²) in [6.07, 6.45) is 0.704. The minimum Gasteiger partial charge on any atom is -0.392 e. The van der Waals surface area contributed by atoms with Crippen molar-refractivity contribution in [1.82, 2.24) is 20.0 Å². The highest BCUT2D eigenvalue weighted by Crippen LogP contribution is 2.13. The number of nitrogens with two attached hydrogens (primary N) is 1. The van der Waals surface area contributed by atoms with Crippen LogP contribution >= 0.6 is 12.2 Å². The lowest BCUT2D eigenvalue weighted by atomic mass is 10.1. The lowest BCUT2D eigenvalue weighted by molar-refractivity contribution is 0.0652. The molecule has 1 aliphatic rings. The van der Waals surface area contributed by atoms with Crippen molar-refractivity contribution in [2.75, 3.05) is 32.7 Å². The maximum absolute atomic E-state index is 12.6. The average molecular weight is 307 g/mol. The Labute approximate surface area is 130 Å². The van der Waals surface area contributed by atoms with E-state index in [4.69, 9.17) is 18.0 Å². The molecule has 1 aromatic heterocycles. The van der Waals surface area contributed by atoms with E-state index in [1.54, 1.807) is 0 Å². The molecule has 1 saturated heterocycles. The van der Waals surface area contributed by atoms with Crippen molar-refractivity contribution in [1.29, 1.82) is 0 Å². The maximum atomic E-state index is 12.6. The number of nitrogens with zero attached hydrogens (tertiary/aromatic N) is 4. The van der Waals surface area contributed by atoms with Gasteiger partial charge in [0.05, 0.1) is 21.9 Å². The highest BCUT2D eigenvalue weighted by molar-refractivity contribution is 7.80. The maximum Gasteiger partial charge on any atom is 0.255 e. The Morgan fingerprint density at radius 2 is 2.00 bits per heavy atom. The van der Waals surface area contributed by atoms with E-state index in [0.717, 1.165) is 24.5 Å². The Bertz CT molecular complexity index is 540. The van der Waals surface area contributed by atoms with Crippen LogP contribution in [-0.2, 0) is 6.42 Å². The summed E-state index contributed by atoms with van der Waals surface area (Å²) in [7, 11) is 0. The molecule has 0 aliphatic carbocycles. The van der Waals surface area contributed by atoms with E-state index in [2.05, 4.69) is 15.1 Å². The number of aromatic nitrogens is 2. The zero-order valence-corrected chi connectivity index (χ0v) is 13.3. The molecule has 2 rings (SSSR count). The molecule has 1 aromatic rings. The fraction of sp³-hybridized carbons (Fsp3) is 0.571. The van der Waals surface area contributed by atoms with Gasteiger partial charge in [-0.2, -0.15) is 10.2 Å². The van der Waals surface area contributed by atoms with Gasteiger partial charge < -0.3 is 10.6 Å². The van der Waals surface area contributed by atoms with Crippen molar-refractivity contribution in [2.45, 2.75) is 20.3 Å². The van der Waals surface area contributed by atoms with Gasteiger partial charge in [0.25, 0.3) is 5.91 Å². The molecule has 2 heterocycles. The molecule has 0 saturated carbocycles. The van der Waals surface area contributed by atoms with Gasteiger partial charge in [0, 0.05) is 32.7 Å². The zero-order chi connectivity index (χ0) is 15.4. The summed E-state index contributed by atoms with van der Waals surface area (Å²) in [4.78, 5) is 17.2. The van der Waals surface area contributed by atoms with Crippen LogP contribution < -0.4 is 5.73 Å². The highest BCUT2D eigenvalue weighted by atomic mass is 32.1. The number of hydrogen-bond donors (Lipinski definition) is 1. The Kier molecular flexibility index (Phi) is 5.19. The van der Waals surface area contributed by atoms with E-state index in [1.807, 2.05) is 24.8 Å². The van der Waals surface area contributed by atoms with Crippen molar-refractivity contribution in [2.24, 2.45) is 5.73 Å². The fourth-order valence-corrected chi connectivity index (χ4v) is 2.64. The second-order valence-electron chi connectivity index (χ2n) is 5.23. The number of carbonyl (C=O) groups excluding carboxylic acids is 1. The van der Waals surface area contributed by atoms with Crippen molar-refractivity contribution in [3.8, 4) is 0 Å². The van der Waals surface area contributed by atoms with Gasteiger partial charge in [-0.15, -0.1) is 0 Å². The van der Waals surface area contributed by atoms with E-state index in [0.29, 0.717) is 36.6 Å². The van der Waals surface area contributed by atoms with Crippen molar-refractivity contribution >= 4 is 23.1 Å². The molecule has 0 atom stereocenters. The third-order valence-corrected chi connectivity index (χ3v) is 3.73. The largest absolute Gasteiger partial charge is 0.392 e. The third kappa shape index (κ3) is 3.95. The quantitative estimate of drug-likeness (QED) is 0.811. The summed E-state index contributed by atoms with van der Waals surface area (Å²) in [6, 6.07) is 1.83. The van der Waals surface area contributed by atoms with Gasteiger partial charge in [-0.25, -0.2) is 0 Å². The van der Waals surface area contributed by atoms with Crippen LogP contribution in [0.3, 0.4) is 0 Å². The topological polar surface area (TPSA) is 75.4 Å². The van der Waals surface area contributed by atoms with Crippen LogP contribution in [0.4, 0.5) is 0 Å². The number of piperazine rings is 1. The van der Waals surface area contributed by atoms with E-state index in [-0.39, 0.29) is 5.91 Å². The van der Waals surface area contributed by atoms with Crippen molar-refractivity contribution < 1.29 is 4.79 Å². The summed E-state index contributed by atoms with van der Waals surface area (Å²) >= 11 is 4.92. The molecular weight excluding hydrogens is 286 g/mol. The summed E-state index contributed by atoms with van der Waals surface area (Å²) in [5, 5.41) is 8.15. The number of rotatable bonds is 4. The van der Waals surface area contributed by atoms with Crippen LogP contribution in [0.5, 0.6) is 0 Å². The summed E-state index contributed by atoms with van der Waals surface area (Å²) in [6.45, 7) is 7.41. The first-order chi connectivity index (χ1) is 10.0. The predicted octanol–water partition coefficient (Wildman–Crippen LogP) is 0.391. The van der Waals surface area contributed by atoms with Crippen LogP contribution in [0, 0.1) is 6.92 Å². The molecule has 1 amide bonds. The van der Waals surface area contributed by atoms with E-state index in [9.17, 15) is 4.79 Å². The summed E-state index contributed by atoms with van der Waals surface area (Å²) in [5.41, 5.74) is 7.76. The highest BCUT2D eigenvalue weighted by Gasteiger charge is 2.24. The normalized spacial score (nSPS) is 16.0. The second kappa shape index (κ2) is 6.91. The Morgan fingerprint density at radius 1 is 1.33 bits per heavy atom. The van der Waals surface area contributed by atoms with Gasteiger partial charge in [-0.05, 0) is 19.4 Å². The third-order valence-electron chi connectivity index (χ3n) is 3.60. The summed E-state index contributed by atoms with van der Waals surface area (Å²) < 4.78 is 0. The number of hydrogen-bond acceptors (Lipinski definition) is 5. The van der Waals surface area contributed by atoms with Gasteiger partial charge in [-0.3, -0.25) is 9.69 Å². The first-order valence-corrected chi connectivity index (χ1v) is 7.55. The second-order valence-corrected chi connectivity index (χ2v) is 5.76. The predicted molar refractivity (Wildman–Crippen MR) is 85.3 cm³/mol. The standard InChI is InChI=1S/C14H21N5OS/c1-3-12-11(8-10(2)16-17-12)14(20)19-6-4-18(5-7-19)9-13(15)21/h8H,3-7,9H2,1-2H3,(H2,15,21). The van der Waals surface area contributed by atoms with Crippen LogP contribution in [0.1, 0.15) is 28.7 Å². The first kappa shape index (κ1) is 15.8. The number of amides is 1. The first-order valence-electron chi connectivity index (χ1n) is 7.14. The molecule has 7 heteroatoms. The van der Waals surface area contributed by atoms with E-state index < -0.39 is 0 Å². The molecule has 1 aliphatic heterocycles.